The van der Waals surface area contributed by atoms with Gasteiger partial charge in [0.15, 0.2) is 5.96 Å². The van der Waals surface area contributed by atoms with Gasteiger partial charge in [0.05, 0.1) is 0 Å². The van der Waals surface area contributed by atoms with Gasteiger partial charge in [0, 0.05) is 41.0 Å². The summed E-state index contributed by atoms with van der Waals surface area (Å²) in [5.41, 5.74) is 0.667. The number of hydrogen-bond donors (Lipinski definition) is 1. The highest BCUT2D eigenvalue weighted by Gasteiger charge is 1.99. The van der Waals surface area contributed by atoms with Crippen LogP contribution in [0, 0.1) is 5.41 Å². The van der Waals surface area contributed by atoms with Crippen molar-refractivity contribution in [3.8, 4) is 0 Å². The molecule has 0 atom stereocenters. The maximum Gasteiger partial charge on any atom is 0.195 e. The molecule has 0 radical (unpaired) electrons. The molecular weight excluding hydrogens is 164 g/mol. The zero-order chi connectivity index (χ0) is 11.0. The molecule has 0 aliphatic rings. The van der Waals surface area contributed by atoms with E-state index >= 15 is 0 Å². The number of hydrogen-bond acceptors (Lipinski definition) is 2. The second kappa shape index (κ2) is 7.58. The Hall–Kier alpha value is -1.06. The molecule has 0 saturated heterocycles. The van der Waals surface area contributed by atoms with Crippen molar-refractivity contribution in [3.05, 3.63) is 0 Å². The van der Waals surface area contributed by atoms with Gasteiger partial charge in [0.25, 0.3) is 0 Å². The largest absolute Gasteiger partial charge is 0.349 e. The smallest absolute Gasteiger partial charge is 0.195 e. The van der Waals surface area contributed by atoms with Crippen LogP contribution in [0.15, 0.2) is 4.99 Å². The van der Waals surface area contributed by atoms with Crippen molar-refractivity contribution < 1.29 is 0 Å². The summed E-state index contributed by atoms with van der Waals surface area (Å²) < 4.78 is 0. The molecule has 4 heteroatoms. The molecule has 0 saturated carbocycles. The van der Waals surface area contributed by atoms with Crippen molar-refractivity contribution in [1.29, 1.82) is 5.41 Å². The average molecular weight is 186 g/mol. The molecule has 0 unspecified atom stereocenters. The van der Waals surface area contributed by atoms with Gasteiger partial charge >= 0.3 is 0 Å². The third-order valence-electron chi connectivity index (χ3n) is 1.000. The van der Waals surface area contributed by atoms with Crippen LogP contribution in [0.4, 0.5) is 0 Å². The van der Waals surface area contributed by atoms with Crippen LogP contribution in [0.3, 0.4) is 0 Å². The highest BCUT2D eigenvalue weighted by atomic mass is 15.3. The van der Waals surface area contributed by atoms with E-state index in [2.05, 4.69) is 4.99 Å². The van der Waals surface area contributed by atoms with Crippen LogP contribution in [0.1, 0.15) is 13.8 Å². The summed E-state index contributed by atoms with van der Waals surface area (Å²) >= 11 is 0. The summed E-state index contributed by atoms with van der Waals surface area (Å²) in [5.74, 6) is 0.981. The zero-order valence-corrected chi connectivity index (χ0v) is 9.84. The second-order valence-corrected chi connectivity index (χ2v) is 3.31. The van der Waals surface area contributed by atoms with E-state index in [1.165, 1.54) is 0 Å². The summed E-state index contributed by atoms with van der Waals surface area (Å²) in [7, 11) is 9.69. The molecule has 0 amide bonds. The SMILES string of the molecule is CC(C)=N.CN=C(N(C)C)N(C)C. The Morgan fingerprint density at radius 3 is 1.23 bits per heavy atom. The lowest BCUT2D eigenvalue weighted by molar-refractivity contribution is 0.482. The van der Waals surface area contributed by atoms with Gasteiger partial charge in [0.1, 0.15) is 0 Å². The molecule has 0 heterocycles. The predicted octanol–water partition coefficient (Wildman–Crippen LogP) is 1.14. The van der Waals surface area contributed by atoms with Crippen LogP contribution < -0.4 is 0 Å². The van der Waals surface area contributed by atoms with Crippen molar-refractivity contribution in [2.24, 2.45) is 4.99 Å². The summed E-state index contributed by atoms with van der Waals surface area (Å²) in [6.45, 7) is 3.50. The van der Waals surface area contributed by atoms with Gasteiger partial charge in [-0.2, -0.15) is 0 Å². The summed E-state index contributed by atoms with van der Waals surface area (Å²) in [6, 6.07) is 0. The van der Waals surface area contributed by atoms with E-state index in [9.17, 15) is 0 Å². The molecule has 0 fully saturated rings. The van der Waals surface area contributed by atoms with Gasteiger partial charge in [-0.25, -0.2) is 0 Å². The Morgan fingerprint density at radius 1 is 1.00 bits per heavy atom. The van der Waals surface area contributed by atoms with Gasteiger partial charge in [-0.05, 0) is 13.8 Å². The van der Waals surface area contributed by atoms with Crippen molar-refractivity contribution in [1.82, 2.24) is 9.80 Å². The Bertz CT molecular complexity index is 156. The quantitative estimate of drug-likeness (QED) is 0.455. The Balaban J connectivity index is 0. The van der Waals surface area contributed by atoms with Crippen LogP contribution in [-0.2, 0) is 0 Å². The maximum atomic E-state index is 6.50. The highest BCUT2D eigenvalue weighted by molar-refractivity contribution is 5.78. The van der Waals surface area contributed by atoms with E-state index < -0.39 is 0 Å². The summed E-state index contributed by atoms with van der Waals surface area (Å²) in [6.07, 6.45) is 0. The van der Waals surface area contributed by atoms with E-state index in [4.69, 9.17) is 5.41 Å². The van der Waals surface area contributed by atoms with Gasteiger partial charge in [-0.1, -0.05) is 0 Å². The molecule has 4 nitrogen and oxygen atoms in total. The standard InChI is InChI=1S/C6H15N3.C3H7N/c1-7-6(8(2)3)9(4)5;1-3(2)4/h1-5H3;4H,1-2H3. The van der Waals surface area contributed by atoms with E-state index in [0.717, 1.165) is 5.96 Å². The van der Waals surface area contributed by atoms with Crippen LogP contribution in [0.2, 0.25) is 0 Å². The first-order valence-corrected chi connectivity index (χ1v) is 4.16. The highest BCUT2D eigenvalue weighted by Crippen LogP contribution is 1.85. The molecule has 0 bridgehead atoms. The fourth-order valence-corrected chi connectivity index (χ4v) is 0.800. The van der Waals surface area contributed by atoms with E-state index in [1.807, 2.05) is 38.0 Å². The molecule has 1 N–H and O–H groups in total. The lowest BCUT2D eigenvalue weighted by atomic mass is 10.5. The van der Waals surface area contributed by atoms with E-state index in [-0.39, 0.29) is 0 Å². The third kappa shape index (κ3) is 10.9. The Morgan fingerprint density at radius 2 is 1.23 bits per heavy atom. The predicted molar refractivity (Wildman–Crippen MR) is 59.8 cm³/mol. The fourth-order valence-electron chi connectivity index (χ4n) is 0.800. The van der Waals surface area contributed by atoms with Gasteiger partial charge in [-0.15, -0.1) is 0 Å². The first-order chi connectivity index (χ1) is 5.82. The third-order valence-corrected chi connectivity index (χ3v) is 1.000. The van der Waals surface area contributed by atoms with E-state index in [1.54, 1.807) is 20.9 Å². The number of nitrogens with zero attached hydrogens (tertiary/aromatic N) is 3. The van der Waals surface area contributed by atoms with Crippen molar-refractivity contribution in [2.75, 3.05) is 35.2 Å². The number of rotatable bonds is 0. The van der Waals surface area contributed by atoms with E-state index in [0.29, 0.717) is 5.71 Å². The van der Waals surface area contributed by atoms with Gasteiger partial charge in [0.2, 0.25) is 0 Å². The zero-order valence-electron chi connectivity index (χ0n) is 9.84. The Kier molecular flexibility index (Phi) is 8.44. The van der Waals surface area contributed by atoms with Crippen molar-refractivity contribution >= 4 is 11.7 Å². The summed E-state index contributed by atoms with van der Waals surface area (Å²) in [5, 5.41) is 6.50. The maximum absolute atomic E-state index is 6.50. The molecule has 78 valence electrons. The van der Waals surface area contributed by atoms with Gasteiger partial charge in [-0.3, -0.25) is 4.99 Å². The lowest BCUT2D eigenvalue weighted by Crippen LogP contribution is -2.35. The molecule has 13 heavy (non-hydrogen) atoms. The van der Waals surface area contributed by atoms with Crippen LogP contribution in [-0.4, -0.2) is 56.7 Å². The van der Waals surface area contributed by atoms with Crippen molar-refractivity contribution in [3.63, 3.8) is 0 Å². The molecule has 0 rings (SSSR count). The average Bonchev–Trinajstić information content (AvgIpc) is 1.84. The monoisotopic (exact) mass is 186 g/mol. The molecule has 0 aromatic heterocycles. The molecule has 0 spiro atoms. The Labute approximate surface area is 81.8 Å². The molecule has 0 aromatic rings. The first-order valence-electron chi connectivity index (χ1n) is 4.16. The number of nitrogens with one attached hydrogen (secondary N) is 1. The number of guanidine groups is 1. The fraction of sp³-hybridized carbons (Fsp3) is 0.778. The van der Waals surface area contributed by atoms with Crippen LogP contribution in [0.25, 0.3) is 0 Å². The normalized spacial score (nSPS) is 7.92. The molecular formula is C9H22N4. The van der Waals surface area contributed by atoms with Crippen LogP contribution >= 0.6 is 0 Å². The number of aliphatic imine (C=N–C) groups is 1. The minimum Gasteiger partial charge on any atom is -0.349 e. The minimum absolute atomic E-state index is 0.667. The van der Waals surface area contributed by atoms with Crippen LogP contribution in [0.5, 0.6) is 0 Å². The molecule has 0 aromatic carbocycles. The summed E-state index contributed by atoms with van der Waals surface area (Å²) in [4.78, 5) is 8.00. The topological polar surface area (TPSA) is 42.7 Å². The first kappa shape index (κ1) is 14.5. The minimum atomic E-state index is 0.667. The van der Waals surface area contributed by atoms with Crippen molar-refractivity contribution in [2.45, 2.75) is 13.8 Å². The van der Waals surface area contributed by atoms with Gasteiger partial charge < -0.3 is 15.2 Å². The second-order valence-electron chi connectivity index (χ2n) is 3.31. The lowest BCUT2D eigenvalue weighted by Gasteiger charge is -2.21. The molecule has 0 aliphatic carbocycles. The molecule has 0 aliphatic heterocycles.